The van der Waals surface area contributed by atoms with E-state index < -0.39 is 21.9 Å². The van der Waals surface area contributed by atoms with Crippen molar-refractivity contribution in [2.45, 2.75) is 23.8 Å². The van der Waals surface area contributed by atoms with E-state index in [0.717, 1.165) is 18.2 Å². The highest BCUT2D eigenvalue weighted by Gasteiger charge is 2.53. The Bertz CT molecular complexity index is 901. The fraction of sp³-hybridized carbons (Fsp3) is 0.412. The van der Waals surface area contributed by atoms with Gasteiger partial charge in [-0.3, -0.25) is 14.5 Å². The predicted octanol–water partition coefficient (Wildman–Crippen LogP) is 1.80. The molecule has 2 saturated heterocycles. The lowest BCUT2D eigenvalue weighted by Gasteiger charge is -2.42. The van der Waals surface area contributed by atoms with Crippen molar-refractivity contribution in [3.05, 3.63) is 41.2 Å². The lowest BCUT2D eigenvalue weighted by Crippen LogP contribution is -2.62. The molecule has 0 spiro atoms. The second kappa shape index (κ2) is 6.14. The molecule has 0 radical (unpaired) electrons. The van der Waals surface area contributed by atoms with E-state index in [2.05, 4.69) is 0 Å². The van der Waals surface area contributed by atoms with E-state index in [1.807, 2.05) is 12.2 Å². The lowest BCUT2D eigenvalue weighted by atomic mass is 9.85. The van der Waals surface area contributed by atoms with Crippen molar-refractivity contribution in [1.82, 2.24) is 9.21 Å². The summed E-state index contributed by atoms with van der Waals surface area (Å²) in [6.07, 6.45) is 4.92. The molecule has 2 fully saturated rings. The molecule has 4 rings (SSSR count). The van der Waals surface area contributed by atoms with Gasteiger partial charge in [-0.25, -0.2) is 12.8 Å². The first-order chi connectivity index (χ1) is 12.3. The highest BCUT2D eigenvalue weighted by Crippen LogP contribution is 2.38. The first-order valence-electron chi connectivity index (χ1n) is 8.28. The molecule has 138 valence electrons. The summed E-state index contributed by atoms with van der Waals surface area (Å²) >= 11 is 5.66. The van der Waals surface area contributed by atoms with E-state index in [0.29, 0.717) is 12.8 Å². The van der Waals surface area contributed by atoms with Gasteiger partial charge in [0.1, 0.15) is 5.82 Å². The number of likely N-dealkylation sites (tertiary alicyclic amines) is 1. The van der Waals surface area contributed by atoms with Crippen LogP contribution in [0.1, 0.15) is 12.8 Å². The van der Waals surface area contributed by atoms with Crippen LogP contribution in [0.4, 0.5) is 4.39 Å². The Morgan fingerprint density at radius 3 is 2.15 bits per heavy atom. The van der Waals surface area contributed by atoms with E-state index in [-0.39, 0.29) is 46.7 Å². The Morgan fingerprint density at radius 1 is 1.04 bits per heavy atom. The van der Waals surface area contributed by atoms with E-state index >= 15 is 0 Å². The molecule has 0 bridgehead atoms. The third kappa shape index (κ3) is 2.59. The number of allylic oxidation sites excluding steroid dienone is 2. The van der Waals surface area contributed by atoms with Crippen molar-refractivity contribution in [2.24, 2.45) is 11.8 Å². The third-order valence-electron chi connectivity index (χ3n) is 5.26. The number of hydrogen-bond acceptors (Lipinski definition) is 4. The molecule has 0 N–H and O–H groups in total. The molecule has 0 saturated carbocycles. The number of sulfonamides is 1. The topological polar surface area (TPSA) is 74.8 Å². The van der Waals surface area contributed by atoms with Gasteiger partial charge in [0.05, 0.1) is 27.8 Å². The van der Waals surface area contributed by atoms with Crippen LogP contribution in [-0.4, -0.2) is 48.6 Å². The molecular formula is C17H16ClFN2O4S. The van der Waals surface area contributed by atoms with Gasteiger partial charge in [0, 0.05) is 13.1 Å². The Hall–Kier alpha value is -1.77. The number of imide groups is 1. The number of benzene rings is 1. The van der Waals surface area contributed by atoms with Crippen LogP contribution in [0.5, 0.6) is 0 Å². The van der Waals surface area contributed by atoms with E-state index in [1.165, 1.54) is 9.21 Å². The van der Waals surface area contributed by atoms with Crippen molar-refractivity contribution in [1.29, 1.82) is 0 Å². The van der Waals surface area contributed by atoms with Crippen LogP contribution in [0.15, 0.2) is 35.2 Å². The van der Waals surface area contributed by atoms with Gasteiger partial charge < -0.3 is 0 Å². The summed E-state index contributed by atoms with van der Waals surface area (Å²) in [4.78, 5) is 26.2. The maximum atomic E-state index is 13.3. The number of halogens is 2. The Kier molecular flexibility index (Phi) is 4.17. The summed E-state index contributed by atoms with van der Waals surface area (Å²) in [7, 11) is -3.84. The molecule has 1 aromatic rings. The van der Waals surface area contributed by atoms with Gasteiger partial charge >= 0.3 is 0 Å². The average molecular weight is 399 g/mol. The normalized spacial score (nSPS) is 26.9. The summed E-state index contributed by atoms with van der Waals surface area (Å²) in [6, 6.07) is 2.76. The first-order valence-corrected chi connectivity index (χ1v) is 10.1. The number of carbonyl (C=O) groups is 2. The molecule has 0 aromatic heterocycles. The Labute approximate surface area is 155 Å². The van der Waals surface area contributed by atoms with Gasteiger partial charge in [0.25, 0.3) is 0 Å². The smallest absolute Gasteiger partial charge is 0.243 e. The summed E-state index contributed by atoms with van der Waals surface area (Å²) < 4.78 is 39.6. The van der Waals surface area contributed by atoms with E-state index in [9.17, 15) is 22.4 Å². The van der Waals surface area contributed by atoms with Gasteiger partial charge in [-0.15, -0.1) is 0 Å². The fourth-order valence-electron chi connectivity index (χ4n) is 3.75. The molecule has 2 amide bonds. The minimum Gasteiger partial charge on any atom is -0.276 e. The van der Waals surface area contributed by atoms with Gasteiger partial charge in [-0.2, -0.15) is 4.31 Å². The average Bonchev–Trinajstić information content (AvgIpc) is 2.81. The van der Waals surface area contributed by atoms with Crippen LogP contribution >= 0.6 is 11.6 Å². The molecule has 1 aromatic carbocycles. The van der Waals surface area contributed by atoms with Crippen LogP contribution in [0.3, 0.4) is 0 Å². The van der Waals surface area contributed by atoms with Crippen molar-refractivity contribution in [3.8, 4) is 0 Å². The van der Waals surface area contributed by atoms with Crippen LogP contribution in [-0.2, 0) is 19.6 Å². The molecule has 9 heteroatoms. The van der Waals surface area contributed by atoms with Crippen molar-refractivity contribution in [2.75, 3.05) is 13.1 Å². The maximum absolute atomic E-state index is 13.3. The minimum absolute atomic E-state index is 0.0433. The monoisotopic (exact) mass is 398 g/mol. The highest BCUT2D eigenvalue weighted by atomic mass is 35.5. The second-order valence-electron chi connectivity index (χ2n) is 6.75. The Morgan fingerprint density at radius 2 is 1.62 bits per heavy atom. The lowest BCUT2D eigenvalue weighted by molar-refractivity contribution is -0.145. The zero-order chi connectivity index (χ0) is 18.6. The third-order valence-corrected chi connectivity index (χ3v) is 7.38. The van der Waals surface area contributed by atoms with Crippen LogP contribution < -0.4 is 0 Å². The van der Waals surface area contributed by atoms with Gasteiger partial charge in [0.15, 0.2) is 0 Å². The predicted molar refractivity (Wildman–Crippen MR) is 91.2 cm³/mol. The first kappa shape index (κ1) is 17.6. The SMILES string of the molecule is O=C1[C@H]2CC=CC[C@@H]2C(=O)N1C1CN(S(=O)(=O)c2ccc(F)c(Cl)c2)C1. The molecule has 6 nitrogen and oxygen atoms in total. The van der Waals surface area contributed by atoms with Crippen LogP contribution in [0.2, 0.25) is 5.02 Å². The van der Waals surface area contributed by atoms with Crippen molar-refractivity contribution < 1.29 is 22.4 Å². The van der Waals surface area contributed by atoms with E-state index in [4.69, 9.17) is 11.6 Å². The molecule has 3 aliphatic rings. The fourth-order valence-corrected chi connectivity index (χ4v) is 5.54. The number of nitrogens with zero attached hydrogens (tertiary/aromatic N) is 2. The van der Waals surface area contributed by atoms with E-state index in [1.54, 1.807) is 0 Å². The Balaban J connectivity index is 1.49. The number of rotatable bonds is 3. The second-order valence-corrected chi connectivity index (χ2v) is 9.10. The molecule has 2 atom stereocenters. The molecule has 2 aliphatic heterocycles. The van der Waals surface area contributed by atoms with Gasteiger partial charge in [0.2, 0.25) is 21.8 Å². The molecule has 0 unspecified atom stereocenters. The van der Waals surface area contributed by atoms with Crippen LogP contribution in [0, 0.1) is 17.7 Å². The van der Waals surface area contributed by atoms with Crippen LogP contribution in [0.25, 0.3) is 0 Å². The number of hydrogen-bond donors (Lipinski definition) is 0. The quantitative estimate of drug-likeness (QED) is 0.575. The zero-order valence-corrected chi connectivity index (χ0v) is 15.2. The summed E-state index contributed by atoms with van der Waals surface area (Å²) in [5, 5.41) is -0.273. The molecule has 26 heavy (non-hydrogen) atoms. The number of amides is 2. The summed E-state index contributed by atoms with van der Waals surface area (Å²) in [5.74, 6) is -1.77. The largest absolute Gasteiger partial charge is 0.276 e. The van der Waals surface area contributed by atoms with Gasteiger partial charge in [-0.1, -0.05) is 23.8 Å². The van der Waals surface area contributed by atoms with Crippen molar-refractivity contribution >= 4 is 33.4 Å². The molecule has 1 aliphatic carbocycles. The number of fused-ring (bicyclic) bond motifs is 1. The summed E-state index contributed by atoms with van der Waals surface area (Å²) in [5.41, 5.74) is 0. The highest BCUT2D eigenvalue weighted by molar-refractivity contribution is 7.89. The number of carbonyl (C=O) groups excluding carboxylic acids is 2. The summed E-state index contributed by atoms with van der Waals surface area (Å²) in [6.45, 7) is 0.0867. The zero-order valence-electron chi connectivity index (χ0n) is 13.6. The minimum atomic E-state index is -3.84. The maximum Gasteiger partial charge on any atom is 0.243 e. The van der Waals surface area contributed by atoms with Gasteiger partial charge in [-0.05, 0) is 31.0 Å². The molecule has 2 heterocycles. The van der Waals surface area contributed by atoms with Crippen molar-refractivity contribution in [3.63, 3.8) is 0 Å². The standard InChI is InChI=1S/C17H16ClFN2O4S/c18-14-7-11(5-6-15(14)19)26(24,25)20-8-10(9-20)21-16(22)12-3-1-2-4-13(12)17(21)23/h1-2,5-7,10,12-13H,3-4,8-9H2/t12-,13-/m0/s1. The molecular weight excluding hydrogens is 383 g/mol.